The zero-order chi connectivity index (χ0) is 23.9. The van der Waals surface area contributed by atoms with Crippen molar-refractivity contribution in [3.63, 3.8) is 0 Å². The number of aromatic nitrogens is 2. The van der Waals surface area contributed by atoms with Gasteiger partial charge in [0.15, 0.2) is 5.78 Å². The van der Waals surface area contributed by atoms with Crippen LogP contribution in [0.4, 0.5) is 4.79 Å². The fourth-order valence-corrected chi connectivity index (χ4v) is 6.11. The van der Waals surface area contributed by atoms with Gasteiger partial charge >= 0.3 is 6.09 Å². The number of ether oxygens (including phenoxy) is 1. The zero-order valence-electron chi connectivity index (χ0n) is 19.1. The molecule has 1 aliphatic carbocycles. The van der Waals surface area contributed by atoms with Crippen LogP contribution in [-0.2, 0) is 4.74 Å². The van der Waals surface area contributed by atoms with Crippen molar-refractivity contribution >= 4 is 11.9 Å². The number of carbonyl (C=O) groups excluding carboxylic acids is 2. The second-order valence-corrected chi connectivity index (χ2v) is 9.54. The van der Waals surface area contributed by atoms with E-state index in [1.54, 1.807) is 0 Å². The van der Waals surface area contributed by atoms with Crippen molar-refractivity contribution < 1.29 is 14.3 Å². The van der Waals surface area contributed by atoms with Crippen molar-refractivity contribution in [3.05, 3.63) is 83.4 Å². The molecule has 1 aromatic heterocycles. The Morgan fingerprint density at radius 2 is 1.51 bits per heavy atom. The standard InChI is InChI=1S/C28H24N4O3/c29-13-26-30-14-18(15-31-26)27(33)17-11-19-9-10-20(12-17)32(19)28(34)35-16-25-23-7-3-1-5-21(23)22-6-2-4-8-24(22)25/h1-8,14-15,17,19-20,25H,9-12,16H2. The fraction of sp³-hybridized carbons (Fsp3) is 0.321. The lowest BCUT2D eigenvalue weighted by molar-refractivity contribution is 0.0505. The first-order valence-corrected chi connectivity index (χ1v) is 12.0. The van der Waals surface area contributed by atoms with Crippen LogP contribution in [0.1, 0.15) is 58.9 Å². The summed E-state index contributed by atoms with van der Waals surface area (Å²) in [6.45, 7) is 0.299. The van der Waals surface area contributed by atoms with Gasteiger partial charge in [-0.05, 0) is 47.9 Å². The van der Waals surface area contributed by atoms with Crippen molar-refractivity contribution in [2.75, 3.05) is 6.61 Å². The normalized spacial score (nSPS) is 22.3. The maximum atomic E-state index is 13.2. The first-order chi connectivity index (χ1) is 17.1. The Hall–Kier alpha value is -4.05. The molecule has 2 bridgehead atoms. The van der Waals surface area contributed by atoms with Gasteiger partial charge in [-0.3, -0.25) is 4.79 Å². The average molecular weight is 465 g/mol. The molecule has 0 spiro atoms. The van der Waals surface area contributed by atoms with Crippen molar-refractivity contribution in [2.45, 2.75) is 43.7 Å². The molecule has 3 aromatic rings. The number of ketones is 1. The summed E-state index contributed by atoms with van der Waals surface area (Å²) in [7, 11) is 0. The minimum absolute atomic E-state index is 0.00218. The lowest BCUT2D eigenvalue weighted by atomic mass is 9.85. The van der Waals surface area contributed by atoms with Crippen molar-refractivity contribution in [2.24, 2.45) is 5.92 Å². The second kappa shape index (κ2) is 8.62. The lowest BCUT2D eigenvalue weighted by Gasteiger charge is -2.37. The van der Waals surface area contributed by atoms with E-state index in [9.17, 15) is 9.59 Å². The lowest BCUT2D eigenvalue weighted by Crippen LogP contribution is -2.48. The van der Waals surface area contributed by atoms with E-state index < -0.39 is 0 Å². The fourth-order valence-electron chi connectivity index (χ4n) is 6.11. The number of nitrogens with zero attached hydrogens (tertiary/aromatic N) is 4. The molecule has 35 heavy (non-hydrogen) atoms. The molecule has 0 saturated carbocycles. The van der Waals surface area contributed by atoms with Gasteiger partial charge in [-0.25, -0.2) is 14.8 Å². The number of hydrogen-bond donors (Lipinski definition) is 0. The van der Waals surface area contributed by atoms with Gasteiger partial charge in [-0.15, -0.1) is 0 Å². The van der Waals surface area contributed by atoms with Crippen molar-refractivity contribution in [1.82, 2.24) is 14.9 Å². The summed E-state index contributed by atoms with van der Waals surface area (Å²) in [6, 6.07) is 18.5. The summed E-state index contributed by atoms with van der Waals surface area (Å²) >= 11 is 0. The van der Waals surface area contributed by atoms with Gasteiger partial charge in [0.1, 0.15) is 12.7 Å². The Morgan fingerprint density at radius 1 is 0.943 bits per heavy atom. The Kier molecular flexibility index (Phi) is 5.29. The number of fused-ring (bicyclic) bond motifs is 5. The van der Waals surface area contributed by atoms with E-state index in [4.69, 9.17) is 10.00 Å². The first-order valence-electron chi connectivity index (χ1n) is 12.0. The topological polar surface area (TPSA) is 96.2 Å². The molecular weight excluding hydrogens is 440 g/mol. The molecule has 7 nitrogen and oxygen atoms in total. The summed E-state index contributed by atoms with van der Waals surface area (Å²) in [5, 5.41) is 8.88. The molecular formula is C28H24N4O3. The summed E-state index contributed by atoms with van der Waals surface area (Å²) in [6.07, 6.45) is 5.54. The van der Waals surface area contributed by atoms with Crippen LogP contribution in [0, 0.1) is 17.2 Å². The highest BCUT2D eigenvalue weighted by Gasteiger charge is 2.46. The highest BCUT2D eigenvalue weighted by molar-refractivity contribution is 5.97. The van der Waals surface area contributed by atoms with Gasteiger partial charge in [0.05, 0.1) is 5.56 Å². The van der Waals surface area contributed by atoms with Gasteiger partial charge in [-0.1, -0.05) is 48.5 Å². The van der Waals surface area contributed by atoms with Crippen LogP contribution in [0.2, 0.25) is 0 Å². The number of piperidine rings is 1. The van der Waals surface area contributed by atoms with Gasteiger partial charge in [-0.2, -0.15) is 5.26 Å². The molecule has 6 rings (SSSR count). The number of Topliss-reactive ketones (excluding diaryl/α,β-unsaturated/α-hetero) is 1. The SMILES string of the molecule is N#Cc1ncc(C(=O)C2CC3CCC(C2)N3C(=O)OCC2c3ccccc3-c3ccccc32)cn1. The highest BCUT2D eigenvalue weighted by atomic mass is 16.6. The molecule has 174 valence electrons. The van der Waals surface area contributed by atoms with Crippen LogP contribution in [-0.4, -0.2) is 45.4 Å². The zero-order valence-corrected chi connectivity index (χ0v) is 19.1. The molecule has 2 fully saturated rings. The minimum Gasteiger partial charge on any atom is -0.448 e. The Balaban J connectivity index is 1.14. The molecule has 2 aromatic carbocycles. The van der Waals surface area contributed by atoms with E-state index >= 15 is 0 Å². The smallest absolute Gasteiger partial charge is 0.410 e. The molecule has 2 unspecified atom stereocenters. The second-order valence-electron chi connectivity index (χ2n) is 9.54. The first kappa shape index (κ1) is 21.5. The van der Waals surface area contributed by atoms with E-state index in [0.29, 0.717) is 25.0 Å². The van der Waals surface area contributed by atoms with Crippen molar-refractivity contribution in [3.8, 4) is 17.2 Å². The van der Waals surface area contributed by atoms with E-state index in [1.807, 2.05) is 35.2 Å². The summed E-state index contributed by atoms with van der Waals surface area (Å²) < 4.78 is 5.92. The summed E-state index contributed by atoms with van der Waals surface area (Å²) in [5.74, 6) is -0.119. The number of hydrogen-bond acceptors (Lipinski definition) is 6. The van der Waals surface area contributed by atoms with Crippen LogP contribution < -0.4 is 0 Å². The third-order valence-corrected chi connectivity index (χ3v) is 7.69. The number of carbonyl (C=O) groups is 2. The van der Waals surface area contributed by atoms with Gasteiger partial charge in [0.2, 0.25) is 5.82 Å². The number of nitriles is 1. The van der Waals surface area contributed by atoms with Crippen LogP contribution >= 0.6 is 0 Å². The number of benzene rings is 2. The van der Waals surface area contributed by atoms with Crippen LogP contribution in [0.15, 0.2) is 60.9 Å². The Labute approximate surface area is 203 Å². The predicted octanol–water partition coefficient (Wildman–Crippen LogP) is 4.72. The molecule has 0 N–H and O–H groups in total. The molecule has 1 amide bonds. The maximum Gasteiger partial charge on any atom is 0.410 e. The van der Waals surface area contributed by atoms with Gasteiger partial charge < -0.3 is 9.64 Å². The monoisotopic (exact) mass is 464 g/mol. The van der Waals surface area contributed by atoms with Crippen LogP contribution in [0.25, 0.3) is 11.1 Å². The molecule has 2 aliphatic heterocycles. The minimum atomic E-state index is -0.285. The van der Waals surface area contributed by atoms with E-state index in [1.165, 1.54) is 34.6 Å². The van der Waals surface area contributed by atoms with Gasteiger partial charge in [0, 0.05) is 36.3 Å². The summed E-state index contributed by atoms with van der Waals surface area (Å²) in [5.41, 5.74) is 5.21. The largest absolute Gasteiger partial charge is 0.448 e. The number of rotatable bonds is 4. The molecule has 3 aliphatic rings. The van der Waals surface area contributed by atoms with Crippen molar-refractivity contribution in [1.29, 1.82) is 5.26 Å². The molecule has 0 radical (unpaired) electrons. The maximum absolute atomic E-state index is 13.2. The predicted molar refractivity (Wildman–Crippen MR) is 128 cm³/mol. The molecule has 3 heterocycles. The Morgan fingerprint density at radius 3 is 2.09 bits per heavy atom. The average Bonchev–Trinajstić information content (AvgIpc) is 3.37. The summed E-state index contributed by atoms with van der Waals surface area (Å²) in [4.78, 5) is 36.0. The Bertz CT molecular complexity index is 1290. The van der Waals surface area contributed by atoms with Gasteiger partial charge in [0.25, 0.3) is 0 Å². The van der Waals surface area contributed by atoms with E-state index in [-0.39, 0.29) is 41.6 Å². The van der Waals surface area contributed by atoms with Crippen LogP contribution in [0.3, 0.4) is 0 Å². The molecule has 2 atom stereocenters. The van der Waals surface area contributed by atoms with E-state index in [2.05, 4.69) is 34.2 Å². The third-order valence-electron chi connectivity index (χ3n) is 7.69. The number of amides is 1. The van der Waals surface area contributed by atoms with Crippen LogP contribution in [0.5, 0.6) is 0 Å². The third kappa shape index (κ3) is 3.66. The quantitative estimate of drug-likeness (QED) is 0.518. The van der Waals surface area contributed by atoms with E-state index in [0.717, 1.165) is 12.8 Å². The molecule has 2 saturated heterocycles. The molecule has 7 heteroatoms. The highest BCUT2D eigenvalue weighted by Crippen LogP contribution is 2.45.